The van der Waals surface area contributed by atoms with E-state index in [4.69, 9.17) is 19.8 Å². The van der Waals surface area contributed by atoms with E-state index in [9.17, 15) is 24.4 Å². The highest BCUT2D eigenvalue weighted by Gasteiger charge is 2.47. The Morgan fingerprint density at radius 3 is 2.00 bits per heavy atom. The van der Waals surface area contributed by atoms with Gasteiger partial charge in [0.25, 0.3) is 0 Å². The van der Waals surface area contributed by atoms with Crippen LogP contribution in [0, 0.1) is 0 Å². The fourth-order valence-corrected chi connectivity index (χ4v) is 3.11. The molecule has 1 fully saturated rings. The molecule has 1 unspecified atom stereocenters. The van der Waals surface area contributed by atoms with Crippen LogP contribution in [0.3, 0.4) is 0 Å². The van der Waals surface area contributed by atoms with E-state index in [-0.39, 0.29) is 0 Å². The van der Waals surface area contributed by atoms with E-state index in [0.717, 1.165) is 0 Å². The molecule has 1 aliphatic rings. The van der Waals surface area contributed by atoms with Crippen LogP contribution in [-0.2, 0) is 22.7 Å². The average Bonchev–Trinajstić information content (AvgIpc) is 2.26. The molecule has 6 atom stereocenters. The van der Waals surface area contributed by atoms with Crippen LogP contribution >= 0.6 is 15.6 Å². The largest absolute Gasteiger partial charge is 0.483 e. The van der Waals surface area contributed by atoms with Crippen molar-refractivity contribution in [3.63, 3.8) is 0 Å². The van der Waals surface area contributed by atoms with Crippen LogP contribution in [0.15, 0.2) is 0 Å². The molecule has 0 saturated carbocycles. The van der Waals surface area contributed by atoms with Gasteiger partial charge in [0.2, 0.25) is 0 Å². The summed E-state index contributed by atoms with van der Waals surface area (Å²) in [7, 11) is -10.7. The smallest absolute Gasteiger partial charge is 0.394 e. The predicted octanol–water partition coefficient (Wildman–Crippen LogP) is -2.99. The standard InChI is InChI=1S/C6H14O12P2/c7-1-2-3(8)4(9)5(10)6(16-2)17-20(14,15)18-19(11,12)13/h2-10H,1H2,(H,14,15)(H2,11,12,13)/t2-,3+,4-,5-,6-/m1/s1. The maximum absolute atomic E-state index is 11.2. The lowest BCUT2D eigenvalue weighted by Gasteiger charge is -2.39. The molecule has 1 aliphatic heterocycles. The number of hydrogen-bond donors (Lipinski definition) is 7. The highest BCUT2D eigenvalue weighted by molar-refractivity contribution is 7.60. The van der Waals surface area contributed by atoms with Crippen LogP contribution in [-0.4, -0.2) is 72.4 Å². The summed E-state index contributed by atoms with van der Waals surface area (Å²) >= 11 is 0. The number of phosphoric acid groups is 2. The molecule has 0 aromatic rings. The summed E-state index contributed by atoms with van der Waals surface area (Å²) in [5, 5.41) is 37.1. The van der Waals surface area contributed by atoms with Crippen molar-refractivity contribution in [3.8, 4) is 0 Å². The van der Waals surface area contributed by atoms with Crippen LogP contribution in [0.2, 0.25) is 0 Å². The third kappa shape index (κ3) is 4.81. The van der Waals surface area contributed by atoms with Gasteiger partial charge in [0, 0.05) is 0 Å². The minimum absolute atomic E-state index is 0.820. The van der Waals surface area contributed by atoms with Gasteiger partial charge in [0.05, 0.1) is 6.61 Å². The van der Waals surface area contributed by atoms with Crippen LogP contribution in [0.25, 0.3) is 0 Å². The van der Waals surface area contributed by atoms with E-state index in [2.05, 4.69) is 13.6 Å². The molecule has 1 rings (SSSR count). The molecule has 0 amide bonds. The van der Waals surface area contributed by atoms with Crippen molar-refractivity contribution in [1.82, 2.24) is 0 Å². The fourth-order valence-electron chi connectivity index (χ4n) is 1.44. The summed E-state index contributed by atoms with van der Waals surface area (Å²) in [4.78, 5) is 25.8. The predicted molar refractivity (Wildman–Crippen MR) is 57.8 cm³/mol. The third-order valence-corrected chi connectivity index (χ3v) is 4.45. The van der Waals surface area contributed by atoms with E-state index in [1.54, 1.807) is 0 Å². The average molecular weight is 340 g/mol. The Morgan fingerprint density at radius 2 is 1.55 bits per heavy atom. The minimum atomic E-state index is -5.36. The van der Waals surface area contributed by atoms with Gasteiger partial charge in [0.1, 0.15) is 24.4 Å². The maximum Gasteiger partial charge on any atom is 0.483 e. The van der Waals surface area contributed by atoms with Gasteiger partial charge in [0.15, 0.2) is 6.29 Å². The molecular formula is C6H14O12P2. The summed E-state index contributed by atoms with van der Waals surface area (Å²) in [6, 6.07) is 0. The van der Waals surface area contributed by atoms with Crippen molar-refractivity contribution >= 4 is 15.6 Å². The van der Waals surface area contributed by atoms with E-state index in [1.165, 1.54) is 0 Å². The molecule has 12 nitrogen and oxygen atoms in total. The molecule has 1 saturated heterocycles. The number of hydrogen-bond acceptors (Lipinski definition) is 9. The van der Waals surface area contributed by atoms with Gasteiger partial charge in [-0.3, -0.25) is 4.52 Å². The van der Waals surface area contributed by atoms with Crippen LogP contribution in [0.4, 0.5) is 0 Å². The number of phosphoric ester groups is 1. The van der Waals surface area contributed by atoms with Crippen LogP contribution < -0.4 is 0 Å². The molecule has 0 radical (unpaired) electrons. The van der Waals surface area contributed by atoms with Gasteiger partial charge in [-0.2, -0.15) is 4.31 Å². The Morgan fingerprint density at radius 1 is 1.00 bits per heavy atom. The van der Waals surface area contributed by atoms with Crippen molar-refractivity contribution in [1.29, 1.82) is 0 Å². The monoisotopic (exact) mass is 340 g/mol. The first-order valence-electron chi connectivity index (χ1n) is 5.05. The zero-order chi connectivity index (χ0) is 15.7. The number of ether oxygens (including phenoxy) is 1. The van der Waals surface area contributed by atoms with E-state index < -0.39 is 53.0 Å². The van der Waals surface area contributed by atoms with E-state index in [0.29, 0.717) is 0 Å². The number of rotatable bonds is 5. The zero-order valence-corrected chi connectivity index (χ0v) is 11.4. The van der Waals surface area contributed by atoms with Crippen molar-refractivity contribution in [2.24, 2.45) is 0 Å². The van der Waals surface area contributed by atoms with Gasteiger partial charge in [-0.1, -0.05) is 0 Å². The summed E-state index contributed by atoms with van der Waals surface area (Å²) in [5.74, 6) is 0. The fraction of sp³-hybridized carbons (Fsp3) is 1.00. The second-order valence-electron chi connectivity index (χ2n) is 3.84. The van der Waals surface area contributed by atoms with Gasteiger partial charge in [-0.05, 0) is 0 Å². The highest BCUT2D eigenvalue weighted by atomic mass is 31.3. The molecule has 20 heavy (non-hydrogen) atoms. The normalized spacial score (nSPS) is 38.5. The lowest BCUT2D eigenvalue weighted by Crippen LogP contribution is -2.58. The van der Waals surface area contributed by atoms with Crippen molar-refractivity contribution in [2.45, 2.75) is 30.7 Å². The summed E-state index contributed by atoms with van der Waals surface area (Å²) in [5.41, 5.74) is 0. The second-order valence-corrected chi connectivity index (χ2v) is 6.63. The summed E-state index contributed by atoms with van der Waals surface area (Å²) in [6.07, 6.45) is -9.12. The summed E-state index contributed by atoms with van der Waals surface area (Å²) < 4.78 is 34.0. The Kier molecular flexibility index (Phi) is 5.83. The van der Waals surface area contributed by atoms with Crippen molar-refractivity contribution in [3.05, 3.63) is 0 Å². The highest BCUT2D eigenvalue weighted by Crippen LogP contribution is 2.58. The van der Waals surface area contributed by atoms with Crippen LogP contribution in [0.5, 0.6) is 0 Å². The Bertz CT molecular complexity index is 418. The van der Waals surface area contributed by atoms with Gasteiger partial charge >= 0.3 is 15.6 Å². The Hall–Kier alpha value is 0.0600. The molecule has 7 N–H and O–H groups in total. The lowest BCUT2D eigenvalue weighted by atomic mass is 10.00. The van der Waals surface area contributed by atoms with Gasteiger partial charge in [-0.25, -0.2) is 9.13 Å². The second kappa shape index (κ2) is 6.44. The van der Waals surface area contributed by atoms with E-state index in [1.807, 2.05) is 0 Å². The van der Waals surface area contributed by atoms with Gasteiger partial charge in [-0.15, -0.1) is 0 Å². The zero-order valence-electron chi connectivity index (χ0n) is 9.66. The molecule has 120 valence electrons. The maximum atomic E-state index is 11.2. The van der Waals surface area contributed by atoms with Crippen molar-refractivity contribution in [2.75, 3.05) is 6.61 Å². The first-order chi connectivity index (χ1) is 8.97. The molecule has 14 heteroatoms. The molecule has 0 aliphatic carbocycles. The first-order valence-corrected chi connectivity index (χ1v) is 8.08. The van der Waals surface area contributed by atoms with Crippen LogP contribution in [0.1, 0.15) is 0 Å². The number of aliphatic hydroxyl groups is 4. The Labute approximate surface area is 112 Å². The third-order valence-electron chi connectivity index (χ3n) is 2.30. The molecule has 1 heterocycles. The Balaban J connectivity index is 2.80. The molecule has 0 bridgehead atoms. The molecule has 0 aromatic heterocycles. The van der Waals surface area contributed by atoms with Gasteiger partial charge < -0.3 is 39.8 Å². The quantitative estimate of drug-likeness (QED) is 0.250. The number of aliphatic hydroxyl groups excluding tert-OH is 4. The SMILES string of the molecule is O=P(O)(O)OP(=O)(O)O[C@H]1O[C@H](CO)[C@H](O)[C@@H](O)[C@H]1O. The van der Waals surface area contributed by atoms with Crippen molar-refractivity contribution < 1.29 is 57.8 Å². The first kappa shape index (κ1) is 18.1. The molecular weight excluding hydrogens is 326 g/mol. The van der Waals surface area contributed by atoms with E-state index >= 15 is 0 Å². The molecule has 0 spiro atoms. The summed E-state index contributed by atoms with van der Waals surface area (Å²) in [6.45, 7) is -0.820. The minimum Gasteiger partial charge on any atom is -0.394 e. The lowest BCUT2D eigenvalue weighted by molar-refractivity contribution is -0.280. The molecule has 0 aromatic carbocycles. The topological polar surface area (TPSA) is 203 Å².